The van der Waals surface area contributed by atoms with Crippen molar-refractivity contribution in [2.75, 3.05) is 7.11 Å². The van der Waals surface area contributed by atoms with E-state index >= 15 is 0 Å². The first-order chi connectivity index (χ1) is 8.05. The fraction of sp³-hybridized carbons (Fsp3) is 0.462. The van der Waals surface area contributed by atoms with Crippen LogP contribution in [0.5, 0.6) is 0 Å². The van der Waals surface area contributed by atoms with Crippen molar-refractivity contribution in [2.24, 2.45) is 5.73 Å². The summed E-state index contributed by atoms with van der Waals surface area (Å²) in [6, 6.07) is 6.02. The second-order valence-corrected chi connectivity index (χ2v) is 4.84. The summed E-state index contributed by atoms with van der Waals surface area (Å²) in [7, 11) is 1.72. The van der Waals surface area contributed by atoms with Gasteiger partial charge in [-0.2, -0.15) is 0 Å². The van der Waals surface area contributed by atoms with Crippen LogP contribution in [-0.2, 0) is 17.7 Å². The molecular formula is C13H19N3O. The van der Waals surface area contributed by atoms with Crippen LogP contribution in [0.3, 0.4) is 0 Å². The van der Waals surface area contributed by atoms with Gasteiger partial charge in [-0.05, 0) is 25.5 Å². The molecule has 4 nitrogen and oxygen atoms in total. The molecule has 1 heterocycles. The van der Waals surface area contributed by atoms with Gasteiger partial charge in [-0.1, -0.05) is 12.1 Å². The maximum Gasteiger partial charge on any atom is 0.110 e. The molecule has 0 unspecified atom stereocenters. The van der Waals surface area contributed by atoms with Crippen LogP contribution in [0.15, 0.2) is 18.2 Å². The van der Waals surface area contributed by atoms with Crippen LogP contribution < -0.4 is 5.73 Å². The lowest BCUT2D eigenvalue weighted by atomic mass is 10.1. The summed E-state index contributed by atoms with van der Waals surface area (Å²) >= 11 is 0. The fourth-order valence-corrected chi connectivity index (χ4v) is 1.87. The van der Waals surface area contributed by atoms with Gasteiger partial charge in [-0.25, -0.2) is 4.98 Å². The highest BCUT2D eigenvalue weighted by Crippen LogP contribution is 2.20. The molecule has 0 spiro atoms. The van der Waals surface area contributed by atoms with E-state index in [2.05, 4.69) is 9.97 Å². The number of aromatic amines is 1. The molecule has 3 N–H and O–H groups in total. The molecule has 0 aliphatic heterocycles. The van der Waals surface area contributed by atoms with Gasteiger partial charge in [0.25, 0.3) is 0 Å². The molecule has 0 aliphatic rings. The molecule has 0 atom stereocenters. The number of hydrogen-bond donors (Lipinski definition) is 2. The van der Waals surface area contributed by atoms with Crippen molar-refractivity contribution in [3.05, 3.63) is 29.6 Å². The lowest BCUT2D eigenvalue weighted by Crippen LogP contribution is -2.26. The van der Waals surface area contributed by atoms with E-state index in [1.165, 1.54) is 0 Å². The summed E-state index contributed by atoms with van der Waals surface area (Å²) in [5.41, 5.74) is 8.56. The first-order valence-electron chi connectivity index (χ1n) is 5.77. The largest absolute Gasteiger partial charge is 0.378 e. The molecule has 0 bridgehead atoms. The Kier molecular flexibility index (Phi) is 3.17. The predicted molar refractivity (Wildman–Crippen MR) is 68.8 cm³/mol. The van der Waals surface area contributed by atoms with Crippen molar-refractivity contribution >= 4 is 11.0 Å². The first kappa shape index (κ1) is 12.1. The van der Waals surface area contributed by atoms with Gasteiger partial charge in [-0.3, -0.25) is 0 Å². The number of nitrogens with zero attached hydrogens (tertiary/aromatic N) is 1. The van der Waals surface area contributed by atoms with E-state index in [1.54, 1.807) is 7.11 Å². The standard InChI is InChI=1S/C13H19N3O/c1-13(2,17-3)7-11-15-10-6-4-5-9(8-14)12(10)16-11/h4-6H,7-8,14H2,1-3H3,(H,15,16). The predicted octanol–water partition coefficient (Wildman–Crippen LogP) is 1.99. The molecule has 0 aliphatic carbocycles. The van der Waals surface area contributed by atoms with E-state index in [0.29, 0.717) is 6.54 Å². The van der Waals surface area contributed by atoms with Crippen LogP contribution in [0.25, 0.3) is 11.0 Å². The van der Waals surface area contributed by atoms with Crippen LogP contribution >= 0.6 is 0 Å². The molecule has 2 aromatic rings. The Morgan fingerprint density at radius 2 is 2.18 bits per heavy atom. The molecule has 0 saturated heterocycles. The molecule has 0 saturated carbocycles. The monoisotopic (exact) mass is 233 g/mol. The number of fused-ring (bicyclic) bond motifs is 1. The lowest BCUT2D eigenvalue weighted by Gasteiger charge is -2.21. The Hall–Kier alpha value is -1.39. The Bertz CT molecular complexity index is 516. The fourth-order valence-electron chi connectivity index (χ4n) is 1.87. The summed E-state index contributed by atoms with van der Waals surface area (Å²) in [5.74, 6) is 0.938. The molecule has 92 valence electrons. The third-order valence-corrected chi connectivity index (χ3v) is 3.01. The minimum atomic E-state index is -0.212. The summed E-state index contributed by atoms with van der Waals surface area (Å²) in [6.45, 7) is 4.60. The third-order valence-electron chi connectivity index (χ3n) is 3.01. The molecule has 0 amide bonds. The van der Waals surface area contributed by atoms with Gasteiger partial charge in [0, 0.05) is 20.1 Å². The summed E-state index contributed by atoms with van der Waals surface area (Å²) in [4.78, 5) is 7.92. The molecule has 2 rings (SSSR count). The highest BCUT2D eigenvalue weighted by molar-refractivity contribution is 5.78. The van der Waals surface area contributed by atoms with Gasteiger partial charge in [-0.15, -0.1) is 0 Å². The quantitative estimate of drug-likeness (QED) is 0.848. The number of rotatable bonds is 4. The molecule has 0 fully saturated rings. The molecule has 4 heteroatoms. The number of aromatic nitrogens is 2. The maximum absolute atomic E-state index is 5.70. The van der Waals surface area contributed by atoms with Gasteiger partial charge >= 0.3 is 0 Å². The van der Waals surface area contributed by atoms with Gasteiger partial charge in [0.1, 0.15) is 5.82 Å². The number of hydrogen-bond acceptors (Lipinski definition) is 3. The Labute approximate surface area is 101 Å². The average molecular weight is 233 g/mol. The van der Waals surface area contributed by atoms with Crippen molar-refractivity contribution in [1.82, 2.24) is 9.97 Å². The van der Waals surface area contributed by atoms with Crippen molar-refractivity contribution in [3.63, 3.8) is 0 Å². The van der Waals surface area contributed by atoms with Crippen LogP contribution in [0.4, 0.5) is 0 Å². The number of imidazole rings is 1. The lowest BCUT2D eigenvalue weighted by molar-refractivity contribution is 0.0218. The van der Waals surface area contributed by atoms with Crippen LogP contribution in [0.2, 0.25) is 0 Å². The van der Waals surface area contributed by atoms with Gasteiger partial charge in [0.05, 0.1) is 16.6 Å². The van der Waals surface area contributed by atoms with Crippen molar-refractivity contribution in [3.8, 4) is 0 Å². The zero-order chi connectivity index (χ0) is 12.5. The SMILES string of the molecule is COC(C)(C)Cc1nc2c(CN)cccc2[nH]1. The minimum absolute atomic E-state index is 0.212. The summed E-state index contributed by atoms with van der Waals surface area (Å²) in [6.07, 6.45) is 0.752. The second kappa shape index (κ2) is 4.47. The van der Waals surface area contributed by atoms with E-state index in [0.717, 1.165) is 28.8 Å². The number of nitrogens with one attached hydrogen (secondary N) is 1. The van der Waals surface area contributed by atoms with Gasteiger partial charge < -0.3 is 15.5 Å². The normalized spacial score (nSPS) is 12.2. The Morgan fingerprint density at radius 3 is 2.82 bits per heavy atom. The molecular weight excluding hydrogens is 214 g/mol. The van der Waals surface area contributed by atoms with E-state index in [-0.39, 0.29) is 5.60 Å². The molecule has 0 radical (unpaired) electrons. The molecule has 17 heavy (non-hydrogen) atoms. The summed E-state index contributed by atoms with van der Waals surface area (Å²) in [5, 5.41) is 0. The smallest absolute Gasteiger partial charge is 0.110 e. The number of nitrogens with two attached hydrogens (primary N) is 1. The maximum atomic E-state index is 5.70. The number of H-pyrrole nitrogens is 1. The number of methoxy groups -OCH3 is 1. The van der Waals surface area contributed by atoms with Crippen molar-refractivity contribution in [2.45, 2.75) is 32.4 Å². The van der Waals surface area contributed by atoms with Crippen molar-refractivity contribution in [1.29, 1.82) is 0 Å². The second-order valence-electron chi connectivity index (χ2n) is 4.84. The van der Waals surface area contributed by atoms with E-state index in [4.69, 9.17) is 10.5 Å². The third kappa shape index (κ3) is 2.48. The number of ether oxygens (including phenoxy) is 1. The van der Waals surface area contributed by atoms with Gasteiger partial charge in [0.2, 0.25) is 0 Å². The van der Waals surface area contributed by atoms with E-state index < -0.39 is 0 Å². The Balaban J connectivity index is 2.38. The minimum Gasteiger partial charge on any atom is -0.378 e. The number of benzene rings is 1. The zero-order valence-corrected chi connectivity index (χ0v) is 10.6. The topological polar surface area (TPSA) is 63.9 Å². The zero-order valence-electron chi connectivity index (χ0n) is 10.6. The molecule has 1 aromatic heterocycles. The van der Waals surface area contributed by atoms with E-state index in [9.17, 15) is 0 Å². The molecule has 1 aromatic carbocycles. The van der Waals surface area contributed by atoms with Crippen LogP contribution in [0.1, 0.15) is 25.2 Å². The van der Waals surface area contributed by atoms with Crippen LogP contribution in [0, 0.1) is 0 Å². The highest BCUT2D eigenvalue weighted by Gasteiger charge is 2.19. The Morgan fingerprint density at radius 1 is 1.41 bits per heavy atom. The van der Waals surface area contributed by atoms with Gasteiger partial charge in [0.15, 0.2) is 0 Å². The highest BCUT2D eigenvalue weighted by atomic mass is 16.5. The number of para-hydroxylation sites is 1. The van der Waals surface area contributed by atoms with Crippen molar-refractivity contribution < 1.29 is 4.74 Å². The average Bonchev–Trinajstić information content (AvgIpc) is 2.70. The summed E-state index contributed by atoms with van der Waals surface area (Å²) < 4.78 is 5.41. The first-order valence-corrected chi connectivity index (χ1v) is 5.77. The van der Waals surface area contributed by atoms with Crippen LogP contribution in [-0.4, -0.2) is 22.7 Å². The van der Waals surface area contributed by atoms with E-state index in [1.807, 2.05) is 32.0 Å².